The summed E-state index contributed by atoms with van der Waals surface area (Å²) < 4.78 is 4.79. The van der Waals surface area contributed by atoms with E-state index in [0.29, 0.717) is 6.04 Å². The maximum atomic E-state index is 11.4. The van der Waals surface area contributed by atoms with Crippen molar-refractivity contribution in [3.8, 4) is 0 Å². The summed E-state index contributed by atoms with van der Waals surface area (Å²) in [7, 11) is 1.47. The zero-order chi connectivity index (χ0) is 9.68. The molecule has 0 amide bonds. The molecule has 1 aliphatic rings. The molecule has 2 atom stereocenters. The van der Waals surface area contributed by atoms with E-state index >= 15 is 0 Å². The molecule has 1 rings (SSSR count). The molecule has 13 heavy (non-hydrogen) atoms. The van der Waals surface area contributed by atoms with Crippen molar-refractivity contribution in [2.75, 3.05) is 13.7 Å². The van der Waals surface area contributed by atoms with Crippen molar-refractivity contribution in [1.82, 2.24) is 5.32 Å². The molecule has 0 aromatic heterocycles. The van der Waals surface area contributed by atoms with Crippen LogP contribution in [0.1, 0.15) is 32.6 Å². The third kappa shape index (κ3) is 2.69. The van der Waals surface area contributed by atoms with Gasteiger partial charge in [0, 0.05) is 6.04 Å². The third-order valence-electron chi connectivity index (χ3n) is 2.74. The number of rotatable bonds is 3. The molecule has 0 saturated heterocycles. The minimum absolute atomic E-state index is 0.0503. The van der Waals surface area contributed by atoms with Crippen molar-refractivity contribution >= 4 is 5.97 Å². The second-order valence-electron chi connectivity index (χ2n) is 3.58. The Hall–Kier alpha value is -0.570. The highest BCUT2D eigenvalue weighted by Crippen LogP contribution is 2.25. The lowest BCUT2D eigenvalue weighted by Crippen LogP contribution is -2.42. The van der Waals surface area contributed by atoms with E-state index in [1.54, 1.807) is 0 Å². The number of ether oxygens (including phenoxy) is 1. The Bertz CT molecular complexity index is 168. The molecule has 2 unspecified atom stereocenters. The zero-order valence-corrected chi connectivity index (χ0v) is 8.51. The average Bonchev–Trinajstić information content (AvgIpc) is 2.18. The Morgan fingerprint density at radius 1 is 1.46 bits per heavy atom. The van der Waals surface area contributed by atoms with E-state index < -0.39 is 0 Å². The highest BCUT2D eigenvalue weighted by Gasteiger charge is 2.30. The predicted molar refractivity (Wildman–Crippen MR) is 51.4 cm³/mol. The van der Waals surface area contributed by atoms with Crippen molar-refractivity contribution in [1.29, 1.82) is 0 Å². The first-order chi connectivity index (χ1) is 6.29. The Kier molecular flexibility index (Phi) is 4.22. The molecule has 3 nitrogen and oxygen atoms in total. The molecule has 1 aliphatic carbocycles. The summed E-state index contributed by atoms with van der Waals surface area (Å²) in [4.78, 5) is 11.4. The highest BCUT2D eigenvalue weighted by molar-refractivity contribution is 5.73. The van der Waals surface area contributed by atoms with Crippen molar-refractivity contribution < 1.29 is 9.53 Å². The van der Waals surface area contributed by atoms with Crippen LogP contribution in [0.15, 0.2) is 0 Å². The predicted octanol–water partition coefficient (Wildman–Crippen LogP) is 1.33. The Morgan fingerprint density at radius 3 is 2.77 bits per heavy atom. The molecule has 0 spiro atoms. The van der Waals surface area contributed by atoms with Gasteiger partial charge in [0.2, 0.25) is 0 Å². The first-order valence-electron chi connectivity index (χ1n) is 5.10. The summed E-state index contributed by atoms with van der Waals surface area (Å²) in [6.07, 6.45) is 4.46. The van der Waals surface area contributed by atoms with Crippen LogP contribution in [-0.2, 0) is 9.53 Å². The van der Waals surface area contributed by atoms with Gasteiger partial charge in [0.1, 0.15) is 0 Å². The summed E-state index contributed by atoms with van der Waals surface area (Å²) in [6.45, 7) is 3.00. The molecule has 3 heteroatoms. The lowest BCUT2D eigenvalue weighted by atomic mass is 9.84. The van der Waals surface area contributed by atoms with E-state index in [2.05, 4.69) is 12.2 Å². The maximum absolute atomic E-state index is 11.4. The SMILES string of the molecule is CCNC1CCCCC1C(=O)OC. The van der Waals surface area contributed by atoms with E-state index in [1.165, 1.54) is 13.5 Å². The third-order valence-corrected chi connectivity index (χ3v) is 2.74. The lowest BCUT2D eigenvalue weighted by Gasteiger charge is -2.29. The van der Waals surface area contributed by atoms with Gasteiger partial charge in [-0.3, -0.25) is 4.79 Å². The highest BCUT2D eigenvalue weighted by atomic mass is 16.5. The van der Waals surface area contributed by atoms with Gasteiger partial charge in [-0.1, -0.05) is 19.8 Å². The number of nitrogens with one attached hydrogen (secondary N) is 1. The van der Waals surface area contributed by atoms with E-state index in [4.69, 9.17) is 4.74 Å². The fraction of sp³-hybridized carbons (Fsp3) is 0.900. The van der Waals surface area contributed by atoms with Gasteiger partial charge in [0.05, 0.1) is 13.0 Å². The van der Waals surface area contributed by atoms with Crippen LogP contribution in [0.25, 0.3) is 0 Å². The largest absolute Gasteiger partial charge is 0.469 e. The van der Waals surface area contributed by atoms with Crippen molar-refractivity contribution in [2.24, 2.45) is 5.92 Å². The molecule has 1 N–H and O–H groups in total. The fourth-order valence-electron chi connectivity index (χ4n) is 2.07. The number of hydrogen-bond donors (Lipinski definition) is 1. The lowest BCUT2D eigenvalue weighted by molar-refractivity contribution is -0.147. The summed E-state index contributed by atoms with van der Waals surface area (Å²) in [6, 6.07) is 0.339. The summed E-state index contributed by atoms with van der Waals surface area (Å²) in [5.41, 5.74) is 0. The van der Waals surface area contributed by atoms with Crippen LogP contribution < -0.4 is 5.32 Å². The van der Waals surface area contributed by atoms with Crippen molar-refractivity contribution in [3.05, 3.63) is 0 Å². The second-order valence-corrected chi connectivity index (χ2v) is 3.58. The van der Waals surface area contributed by atoms with Gasteiger partial charge >= 0.3 is 5.97 Å². The number of carbonyl (C=O) groups excluding carboxylic acids is 1. The Balaban J connectivity index is 2.50. The molecule has 0 aliphatic heterocycles. The quantitative estimate of drug-likeness (QED) is 0.674. The fourth-order valence-corrected chi connectivity index (χ4v) is 2.07. The standard InChI is InChI=1S/C10H19NO2/c1-3-11-9-7-5-4-6-8(9)10(12)13-2/h8-9,11H,3-7H2,1-2H3. The number of methoxy groups -OCH3 is 1. The van der Waals surface area contributed by atoms with Crippen molar-refractivity contribution in [2.45, 2.75) is 38.6 Å². The molecule has 0 heterocycles. The van der Waals surface area contributed by atoms with Gasteiger partial charge in [0.25, 0.3) is 0 Å². The molecule has 1 fully saturated rings. The molecule has 0 aromatic carbocycles. The smallest absolute Gasteiger partial charge is 0.310 e. The topological polar surface area (TPSA) is 38.3 Å². The minimum atomic E-state index is -0.0503. The van der Waals surface area contributed by atoms with Crippen LogP contribution in [0.4, 0.5) is 0 Å². The summed E-state index contributed by atoms with van der Waals surface area (Å²) in [5.74, 6) is 0.0318. The second kappa shape index (κ2) is 5.22. The maximum Gasteiger partial charge on any atom is 0.310 e. The average molecular weight is 185 g/mol. The van der Waals surface area contributed by atoms with E-state index in [1.807, 2.05) is 0 Å². The van der Waals surface area contributed by atoms with Crippen molar-refractivity contribution in [3.63, 3.8) is 0 Å². The summed E-state index contributed by atoms with van der Waals surface area (Å²) in [5, 5.41) is 3.35. The van der Waals surface area contributed by atoms with Crippen LogP contribution in [0, 0.1) is 5.92 Å². The molecule has 1 saturated carbocycles. The first-order valence-corrected chi connectivity index (χ1v) is 5.10. The monoisotopic (exact) mass is 185 g/mol. The van der Waals surface area contributed by atoms with E-state index in [-0.39, 0.29) is 11.9 Å². The first kappa shape index (κ1) is 10.5. The molecule has 76 valence electrons. The Labute approximate surface area is 79.8 Å². The van der Waals surface area contributed by atoms with Crippen LogP contribution in [-0.4, -0.2) is 25.7 Å². The van der Waals surface area contributed by atoms with Gasteiger partial charge in [-0.2, -0.15) is 0 Å². The van der Waals surface area contributed by atoms with Crippen LogP contribution in [0.5, 0.6) is 0 Å². The van der Waals surface area contributed by atoms with E-state index in [9.17, 15) is 4.79 Å². The summed E-state index contributed by atoms with van der Waals surface area (Å²) >= 11 is 0. The number of esters is 1. The van der Waals surface area contributed by atoms with Gasteiger partial charge in [-0.05, 0) is 19.4 Å². The van der Waals surface area contributed by atoms with Gasteiger partial charge < -0.3 is 10.1 Å². The van der Waals surface area contributed by atoms with Gasteiger partial charge in [-0.25, -0.2) is 0 Å². The van der Waals surface area contributed by atoms with E-state index in [0.717, 1.165) is 25.8 Å². The number of carbonyl (C=O) groups is 1. The molecular formula is C10H19NO2. The molecule has 0 bridgehead atoms. The number of hydrogen-bond acceptors (Lipinski definition) is 3. The Morgan fingerprint density at radius 2 is 2.15 bits per heavy atom. The molecule has 0 radical (unpaired) electrons. The zero-order valence-electron chi connectivity index (χ0n) is 8.51. The van der Waals surface area contributed by atoms with Gasteiger partial charge in [0.15, 0.2) is 0 Å². The van der Waals surface area contributed by atoms with Gasteiger partial charge in [-0.15, -0.1) is 0 Å². The molecular weight excluding hydrogens is 166 g/mol. The van der Waals surface area contributed by atoms with Crippen LogP contribution >= 0.6 is 0 Å². The minimum Gasteiger partial charge on any atom is -0.469 e. The normalized spacial score (nSPS) is 28.5. The molecule has 0 aromatic rings. The van der Waals surface area contributed by atoms with Crippen LogP contribution in [0.2, 0.25) is 0 Å². The van der Waals surface area contributed by atoms with Crippen LogP contribution in [0.3, 0.4) is 0 Å².